The van der Waals surface area contributed by atoms with Crippen LogP contribution in [0.3, 0.4) is 0 Å². The highest BCUT2D eigenvalue weighted by Gasteiger charge is 2.32. The molecule has 2 fully saturated rings. The summed E-state index contributed by atoms with van der Waals surface area (Å²) in [5.74, 6) is 0. The molecule has 0 bridgehead atoms. The van der Waals surface area contributed by atoms with Gasteiger partial charge < -0.3 is 9.80 Å². The van der Waals surface area contributed by atoms with E-state index >= 15 is 0 Å². The fourth-order valence-corrected chi connectivity index (χ4v) is 13.3. The first-order chi connectivity index (χ1) is 26.9. The number of hydrogen-bond acceptors (Lipinski definition) is 10. The number of sulfonamides is 2. The molecule has 10 nitrogen and oxygen atoms in total. The molecule has 0 spiro atoms. The number of aromatic nitrogens is 2. The van der Waals surface area contributed by atoms with Crippen molar-refractivity contribution < 1.29 is 16.8 Å². The standard InChI is InChI=1S/C19H17Br2N3O2S2.C19H17BrClN3O2S2/c20-15-5-3-4-14(12-15)17-13-27-19(22-17)23-8-10-24(11-9-23)28(25,26)18-7-2-1-6-16(18)21;20-16-3-1-2-4-18(16)28(25,26)24-11-9-23(10-12-24)19-22-17(13-27-19)14-5-7-15(21)8-6-14/h1-7,12-13H,8-11H2;1-8,13H,9-12H2. The van der Waals surface area contributed by atoms with Gasteiger partial charge in [-0.3, -0.25) is 0 Å². The third kappa shape index (κ3) is 9.43. The highest BCUT2D eigenvalue weighted by Crippen LogP contribution is 2.33. The Balaban J connectivity index is 0.000000172. The van der Waals surface area contributed by atoms with Crippen LogP contribution in [0.5, 0.6) is 0 Å². The smallest absolute Gasteiger partial charge is 0.244 e. The second-order valence-corrected chi connectivity index (χ2v) is 21.2. The molecule has 2 aliphatic heterocycles. The summed E-state index contributed by atoms with van der Waals surface area (Å²) in [6.45, 7) is 4.20. The number of rotatable bonds is 8. The molecular weight excluding hydrogens is 1010 g/mol. The van der Waals surface area contributed by atoms with Crippen LogP contribution < -0.4 is 9.80 Å². The van der Waals surface area contributed by atoms with Crippen LogP contribution in [0.2, 0.25) is 5.02 Å². The van der Waals surface area contributed by atoms with Crippen LogP contribution in [0, 0.1) is 0 Å². The minimum Gasteiger partial charge on any atom is -0.345 e. The number of piperazine rings is 2. The number of anilines is 2. The number of thiazole rings is 2. The van der Waals surface area contributed by atoms with E-state index in [1.165, 1.54) is 4.31 Å². The fraction of sp³-hybridized carbons (Fsp3) is 0.211. The van der Waals surface area contributed by atoms with Crippen LogP contribution in [-0.2, 0) is 20.0 Å². The summed E-state index contributed by atoms with van der Waals surface area (Å²) >= 11 is 19.3. The van der Waals surface area contributed by atoms with Crippen molar-refractivity contribution >= 4 is 112 Å². The lowest BCUT2D eigenvalue weighted by Gasteiger charge is -2.33. The van der Waals surface area contributed by atoms with E-state index in [9.17, 15) is 16.8 Å². The van der Waals surface area contributed by atoms with E-state index in [4.69, 9.17) is 21.6 Å². The largest absolute Gasteiger partial charge is 0.345 e. The normalized spacial score (nSPS) is 15.7. The summed E-state index contributed by atoms with van der Waals surface area (Å²) < 4.78 is 57.0. The van der Waals surface area contributed by atoms with Crippen molar-refractivity contribution in [3.05, 3.63) is 126 Å². The molecule has 6 aromatic rings. The third-order valence-electron chi connectivity index (χ3n) is 9.17. The monoisotopic (exact) mass is 1040 g/mol. The Morgan fingerprint density at radius 3 is 1.43 bits per heavy atom. The molecule has 0 unspecified atom stereocenters. The number of hydrogen-bond donors (Lipinski definition) is 0. The van der Waals surface area contributed by atoms with Crippen LogP contribution in [0.15, 0.2) is 131 Å². The predicted molar refractivity (Wildman–Crippen MR) is 238 cm³/mol. The molecule has 0 N–H and O–H groups in total. The van der Waals surface area contributed by atoms with E-state index in [-0.39, 0.29) is 0 Å². The molecule has 0 radical (unpaired) electrons. The highest BCUT2D eigenvalue weighted by molar-refractivity contribution is 9.11. The maximum absolute atomic E-state index is 12.9. The quantitative estimate of drug-likeness (QED) is 0.149. The Kier molecular flexibility index (Phi) is 13.4. The van der Waals surface area contributed by atoms with Crippen LogP contribution in [0.4, 0.5) is 10.3 Å². The van der Waals surface area contributed by atoms with E-state index in [0.29, 0.717) is 76.1 Å². The second kappa shape index (κ2) is 18.1. The molecule has 292 valence electrons. The lowest BCUT2D eigenvalue weighted by molar-refractivity contribution is 0.384. The van der Waals surface area contributed by atoms with Crippen molar-refractivity contribution in [1.29, 1.82) is 0 Å². The van der Waals surface area contributed by atoms with Gasteiger partial charge in [-0.15, -0.1) is 22.7 Å². The van der Waals surface area contributed by atoms with E-state index < -0.39 is 20.0 Å². The molecular formula is C38H34Br3ClN6O4S4. The van der Waals surface area contributed by atoms with Gasteiger partial charge in [-0.2, -0.15) is 8.61 Å². The maximum atomic E-state index is 12.9. The van der Waals surface area contributed by atoms with Gasteiger partial charge in [0.2, 0.25) is 20.0 Å². The number of halogens is 4. The molecule has 0 atom stereocenters. The molecule has 0 aliphatic carbocycles. The highest BCUT2D eigenvalue weighted by atomic mass is 79.9. The Morgan fingerprint density at radius 1 is 0.536 bits per heavy atom. The van der Waals surface area contributed by atoms with Gasteiger partial charge in [0.1, 0.15) is 0 Å². The first kappa shape index (κ1) is 41.4. The lowest BCUT2D eigenvalue weighted by Crippen LogP contribution is -2.48. The maximum Gasteiger partial charge on any atom is 0.244 e. The Bertz CT molecular complexity index is 2520. The molecule has 18 heteroatoms. The van der Waals surface area contributed by atoms with Gasteiger partial charge >= 0.3 is 0 Å². The van der Waals surface area contributed by atoms with Crippen molar-refractivity contribution in [2.75, 3.05) is 62.2 Å². The average Bonchev–Trinajstić information content (AvgIpc) is 3.91. The van der Waals surface area contributed by atoms with E-state index in [0.717, 1.165) is 37.3 Å². The first-order valence-corrected chi connectivity index (χ1v) is 24.7. The zero-order valence-electron chi connectivity index (χ0n) is 29.5. The Labute approximate surface area is 365 Å². The molecule has 4 heterocycles. The SMILES string of the molecule is O=S(=O)(c1ccccc1Br)N1CCN(c2nc(-c3ccc(Cl)cc3)cs2)CC1.O=S(=O)(c1ccccc1Br)N1CCN(c2nc(-c3cccc(Br)c3)cs2)CC1. The Morgan fingerprint density at radius 2 is 0.982 bits per heavy atom. The van der Waals surface area contributed by atoms with Crippen LogP contribution >= 0.6 is 82.1 Å². The van der Waals surface area contributed by atoms with Gasteiger partial charge in [-0.05, 0) is 80.4 Å². The Hall–Kier alpha value is -2.71. The van der Waals surface area contributed by atoms with Crippen molar-refractivity contribution in [3.63, 3.8) is 0 Å². The van der Waals surface area contributed by atoms with Crippen molar-refractivity contribution in [1.82, 2.24) is 18.6 Å². The van der Waals surface area contributed by atoms with Crippen molar-refractivity contribution in [2.24, 2.45) is 0 Å². The van der Waals surface area contributed by atoms with Gasteiger partial charge in [0, 0.05) is 92.7 Å². The number of benzene rings is 4. The minimum absolute atomic E-state index is 0.308. The van der Waals surface area contributed by atoms with Gasteiger partial charge in [-0.1, -0.05) is 76.1 Å². The second-order valence-electron chi connectivity index (χ2n) is 12.7. The lowest BCUT2D eigenvalue weighted by atomic mass is 10.2. The zero-order chi connectivity index (χ0) is 39.5. The van der Waals surface area contributed by atoms with E-state index in [1.54, 1.807) is 63.4 Å². The van der Waals surface area contributed by atoms with Gasteiger partial charge in [0.05, 0.1) is 21.2 Å². The molecule has 2 saturated heterocycles. The minimum atomic E-state index is -3.51. The van der Waals surface area contributed by atoms with Crippen LogP contribution in [0.25, 0.3) is 22.5 Å². The van der Waals surface area contributed by atoms with Crippen molar-refractivity contribution in [3.8, 4) is 22.5 Å². The van der Waals surface area contributed by atoms with Gasteiger partial charge in [0.15, 0.2) is 10.3 Å². The summed E-state index contributed by atoms with van der Waals surface area (Å²) in [5, 5.41) is 6.58. The summed E-state index contributed by atoms with van der Waals surface area (Å²) in [6, 6.07) is 29.5. The van der Waals surface area contributed by atoms with E-state index in [2.05, 4.69) is 57.6 Å². The molecule has 4 aromatic carbocycles. The summed E-state index contributed by atoms with van der Waals surface area (Å²) in [6.07, 6.45) is 0. The zero-order valence-corrected chi connectivity index (χ0v) is 38.3. The van der Waals surface area contributed by atoms with E-state index in [1.807, 2.05) is 71.4 Å². The van der Waals surface area contributed by atoms with Crippen LogP contribution in [0.1, 0.15) is 0 Å². The third-order valence-corrected chi connectivity index (χ3v) is 17.5. The van der Waals surface area contributed by atoms with Crippen LogP contribution in [-0.4, -0.2) is 87.8 Å². The topological polar surface area (TPSA) is 107 Å². The molecule has 0 amide bonds. The molecule has 2 aromatic heterocycles. The summed E-state index contributed by atoms with van der Waals surface area (Å²) in [7, 11) is -7.01. The molecule has 2 aliphatic rings. The summed E-state index contributed by atoms with van der Waals surface area (Å²) in [4.78, 5) is 14.4. The molecule has 56 heavy (non-hydrogen) atoms. The summed E-state index contributed by atoms with van der Waals surface area (Å²) in [5.41, 5.74) is 3.92. The van der Waals surface area contributed by atoms with Crippen molar-refractivity contribution in [2.45, 2.75) is 9.79 Å². The fourth-order valence-electron chi connectivity index (χ4n) is 6.18. The predicted octanol–water partition coefficient (Wildman–Crippen LogP) is 9.58. The van der Waals surface area contributed by atoms with Gasteiger partial charge in [-0.25, -0.2) is 26.8 Å². The molecule has 0 saturated carbocycles. The van der Waals surface area contributed by atoms with Gasteiger partial charge in [0.25, 0.3) is 0 Å². The average molecular weight is 1040 g/mol. The molecule has 8 rings (SSSR count). The first-order valence-electron chi connectivity index (χ1n) is 17.3. The number of nitrogens with zero attached hydrogens (tertiary/aromatic N) is 6.